The molecule has 35 heavy (non-hydrogen) atoms. The predicted octanol–water partition coefficient (Wildman–Crippen LogP) is 7.22. The zero-order valence-electron chi connectivity index (χ0n) is 19.7. The summed E-state index contributed by atoms with van der Waals surface area (Å²) in [6, 6.07) is 17.0. The first-order valence-corrected chi connectivity index (χ1v) is 13.1. The molecule has 1 aliphatic carbocycles. The van der Waals surface area contributed by atoms with Crippen LogP contribution in [0.2, 0.25) is 10.0 Å². The zero-order chi connectivity index (χ0) is 24.2. The fourth-order valence-electron chi connectivity index (χ4n) is 4.77. The molecule has 2 heterocycles. The third-order valence-electron chi connectivity index (χ3n) is 6.89. The molecule has 0 radical (unpaired) electrons. The minimum absolute atomic E-state index is 0.183. The van der Waals surface area contributed by atoms with Crippen molar-refractivity contribution < 1.29 is 4.79 Å². The molecule has 2 aliphatic rings. The van der Waals surface area contributed by atoms with Crippen molar-refractivity contribution in [2.45, 2.75) is 25.7 Å². The molecular weight excluding hydrogens is 479 g/mol. The van der Waals surface area contributed by atoms with Crippen LogP contribution in [0, 0.1) is 11.8 Å². The van der Waals surface area contributed by atoms with Crippen molar-refractivity contribution in [3.63, 3.8) is 0 Å². The van der Waals surface area contributed by atoms with Crippen LogP contribution >= 0.6 is 23.2 Å². The summed E-state index contributed by atoms with van der Waals surface area (Å²) in [4.78, 5) is 22.1. The van der Waals surface area contributed by atoms with Crippen molar-refractivity contribution in [3.8, 4) is 11.1 Å². The number of rotatable bonds is 7. The standard InChI is InChI=1S/C28H30Cl2N4O/c29-24-14-25(30)16-26(15-24)32-28(35)34(19-21-9-12-33(13-10-21)18-20-3-4-20)27-7-5-22(6-8-27)23-2-1-11-31-17-23/h1-2,5-8,11,14-17,20-21H,3-4,9-10,12-13,18-19H2,(H,32,35). The highest BCUT2D eigenvalue weighted by atomic mass is 35.5. The minimum atomic E-state index is -0.183. The molecule has 182 valence electrons. The van der Waals surface area contributed by atoms with Crippen molar-refractivity contribution in [1.82, 2.24) is 9.88 Å². The van der Waals surface area contributed by atoms with Gasteiger partial charge in [0.1, 0.15) is 0 Å². The number of nitrogens with one attached hydrogen (secondary N) is 1. The van der Waals surface area contributed by atoms with Crippen molar-refractivity contribution in [2.75, 3.05) is 36.4 Å². The molecule has 5 nitrogen and oxygen atoms in total. The number of halogens is 2. The van der Waals surface area contributed by atoms with Crippen molar-refractivity contribution in [3.05, 3.63) is 77.0 Å². The normalized spacial score (nSPS) is 16.7. The Hall–Kier alpha value is -2.60. The van der Waals surface area contributed by atoms with Gasteiger partial charge in [-0.3, -0.25) is 9.88 Å². The highest BCUT2D eigenvalue weighted by Crippen LogP contribution is 2.32. The van der Waals surface area contributed by atoms with Crippen LogP contribution in [0.4, 0.5) is 16.2 Å². The quantitative estimate of drug-likeness (QED) is 0.366. The van der Waals surface area contributed by atoms with E-state index in [1.165, 1.54) is 19.4 Å². The van der Waals surface area contributed by atoms with E-state index in [1.54, 1.807) is 24.4 Å². The minimum Gasteiger partial charge on any atom is -0.307 e. The Balaban J connectivity index is 1.32. The lowest BCUT2D eigenvalue weighted by atomic mass is 9.95. The van der Waals surface area contributed by atoms with Gasteiger partial charge in [-0.25, -0.2) is 4.79 Å². The number of carbonyl (C=O) groups is 1. The number of amides is 2. The van der Waals surface area contributed by atoms with Crippen LogP contribution in [0.15, 0.2) is 67.0 Å². The second-order valence-corrected chi connectivity index (χ2v) is 10.5. The van der Waals surface area contributed by atoms with Gasteiger partial charge in [0.25, 0.3) is 0 Å². The Labute approximate surface area is 217 Å². The lowest BCUT2D eigenvalue weighted by Crippen LogP contribution is -2.43. The van der Waals surface area contributed by atoms with Crippen molar-refractivity contribution in [2.24, 2.45) is 11.8 Å². The SMILES string of the molecule is O=C(Nc1cc(Cl)cc(Cl)c1)N(CC1CCN(CC2CC2)CC1)c1ccc(-c2cccnc2)cc1. The zero-order valence-corrected chi connectivity index (χ0v) is 21.2. The van der Waals surface area contributed by atoms with Gasteiger partial charge < -0.3 is 10.2 Å². The molecule has 0 bridgehead atoms. The summed E-state index contributed by atoms with van der Waals surface area (Å²) < 4.78 is 0. The molecule has 2 fully saturated rings. The molecule has 0 atom stereocenters. The summed E-state index contributed by atoms with van der Waals surface area (Å²) in [5.41, 5.74) is 3.57. The molecule has 2 aromatic carbocycles. The third-order valence-corrected chi connectivity index (χ3v) is 7.33. The van der Waals surface area contributed by atoms with Crippen LogP contribution in [0.25, 0.3) is 11.1 Å². The predicted molar refractivity (Wildman–Crippen MR) is 144 cm³/mol. The summed E-state index contributed by atoms with van der Waals surface area (Å²) in [6.45, 7) is 4.13. The van der Waals surface area contributed by atoms with Crippen LogP contribution in [0.3, 0.4) is 0 Å². The Morgan fingerprint density at radius 1 is 0.943 bits per heavy atom. The number of benzene rings is 2. The molecular formula is C28H30Cl2N4O. The summed E-state index contributed by atoms with van der Waals surface area (Å²) in [5.74, 6) is 1.37. The number of aromatic nitrogens is 1. The second kappa shape index (κ2) is 11.0. The van der Waals surface area contributed by atoms with E-state index in [1.807, 2.05) is 47.5 Å². The van der Waals surface area contributed by atoms with Gasteiger partial charge in [0.05, 0.1) is 0 Å². The largest absolute Gasteiger partial charge is 0.326 e. The summed E-state index contributed by atoms with van der Waals surface area (Å²) in [5, 5.41) is 3.98. The van der Waals surface area contributed by atoms with Gasteiger partial charge in [-0.05, 0) is 98.1 Å². The number of nitrogens with zero attached hydrogens (tertiary/aromatic N) is 3. The number of anilines is 2. The molecule has 7 heteroatoms. The highest BCUT2D eigenvalue weighted by Gasteiger charge is 2.29. The van der Waals surface area contributed by atoms with E-state index in [0.29, 0.717) is 28.2 Å². The fraction of sp³-hybridized carbons (Fsp3) is 0.357. The number of carbonyl (C=O) groups excluding carboxylic acids is 1. The Kier molecular flexibility index (Phi) is 7.57. The number of hydrogen-bond donors (Lipinski definition) is 1. The number of pyridine rings is 1. The van der Waals surface area contributed by atoms with Gasteiger partial charge >= 0.3 is 6.03 Å². The second-order valence-electron chi connectivity index (χ2n) is 9.67. The third kappa shape index (κ3) is 6.54. The van der Waals surface area contributed by atoms with Crippen LogP contribution in [-0.4, -0.2) is 42.1 Å². The van der Waals surface area contributed by atoms with Crippen LogP contribution in [0.1, 0.15) is 25.7 Å². The molecule has 5 rings (SSSR count). The molecule has 1 saturated carbocycles. The molecule has 0 unspecified atom stereocenters. The first-order chi connectivity index (χ1) is 17.0. The maximum absolute atomic E-state index is 13.5. The van der Waals surface area contributed by atoms with Crippen molar-refractivity contribution in [1.29, 1.82) is 0 Å². The van der Waals surface area contributed by atoms with E-state index >= 15 is 0 Å². The Morgan fingerprint density at radius 3 is 2.29 bits per heavy atom. The van der Waals surface area contributed by atoms with Crippen LogP contribution < -0.4 is 10.2 Å². The van der Waals surface area contributed by atoms with E-state index in [2.05, 4.69) is 15.2 Å². The van der Waals surface area contributed by atoms with E-state index in [4.69, 9.17) is 23.2 Å². The maximum Gasteiger partial charge on any atom is 0.326 e. The summed E-state index contributed by atoms with van der Waals surface area (Å²) >= 11 is 12.3. The average Bonchev–Trinajstić information content (AvgIpc) is 3.68. The molecule has 0 spiro atoms. The maximum atomic E-state index is 13.5. The molecule has 3 aromatic rings. The van der Waals surface area contributed by atoms with E-state index in [9.17, 15) is 4.79 Å². The van der Waals surface area contributed by atoms with Crippen molar-refractivity contribution >= 4 is 40.6 Å². The van der Waals surface area contributed by atoms with Gasteiger partial charge in [-0.15, -0.1) is 0 Å². The van der Waals surface area contributed by atoms with Gasteiger partial charge in [0, 0.05) is 46.9 Å². The number of hydrogen-bond acceptors (Lipinski definition) is 3. The molecule has 1 aliphatic heterocycles. The Morgan fingerprint density at radius 2 is 1.66 bits per heavy atom. The monoisotopic (exact) mass is 508 g/mol. The first-order valence-electron chi connectivity index (χ1n) is 12.3. The average molecular weight is 509 g/mol. The van der Waals surface area contributed by atoms with E-state index < -0.39 is 0 Å². The van der Waals surface area contributed by atoms with Crippen LogP contribution in [-0.2, 0) is 0 Å². The van der Waals surface area contributed by atoms with Gasteiger partial charge in [-0.1, -0.05) is 41.4 Å². The topological polar surface area (TPSA) is 48.5 Å². The fourth-order valence-corrected chi connectivity index (χ4v) is 5.29. The summed E-state index contributed by atoms with van der Waals surface area (Å²) in [7, 11) is 0. The van der Waals surface area contributed by atoms with Gasteiger partial charge in [-0.2, -0.15) is 0 Å². The van der Waals surface area contributed by atoms with Gasteiger partial charge in [0.2, 0.25) is 0 Å². The van der Waals surface area contributed by atoms with Gasteiger partial charge in [0.15, 0.2) is 0 Å². The smallest absolute Gasteiger partial charge is 0.307 e. The molecule has 1 saturated heterocycles. The van der Waals surface area contributed by atoms with Crippen LogP contribution in [0.5, 0.6) is 0 Å². The lowest BCUT2D eigenvalue weighted by Gasteiger charge is -2.35. The number of piperidine rings is 1. The molecule has 1 aromatic heterocycles. The first kappa shape index (κ1) is 24.1. The highest BCUT2D eigenvalue weighted by molar-refractivity contribution is 6.35. The molecule has 2 amide bonds. The lowest BCUT2D eigenvalue weighted by molar-refractivity contribution is 0.180. The number of likely N-dealkylation sites (tertiary alicyclic amines) is 1. The summed E-state index contributed by atoms with van der Waals surface area (Å²) in [6.07, 6.45) is 8.59. The van der Waals surface area contributed by atoms with E-state index in [-0.39, 0.29) is 6.03 Å². The molecule has 1 N–H and O–H groups in total. The number of urea groups is 1. The Bertz CT molecular complexity index is 1120. The van der Waals surface area contributed by atoms with E-state index in [0.717, 1.165) is 48.7 Å².